The predicted octanol–water partition coefficient (Wildman–Crippen LogP) is 2.07. The molecule has 4 nitrogen and oxygen atoms in total. The SMILES string of the molecule is COc1cc(C)ccc1NC(=O)C1(CN)CCC1. The van der Waals surface area contributed by atoms with Crippen molar-refractivity contribution in [3.8, 4) is 5.75 Å². The average Bonchev–Trinajstić information content (AvgIpc) is 2.30. The van der Waals surface area contributed by atoms with Crippen molar-refractivity contribution in [3.63, 3.8) is 0 Å². The van der Waals surface area contributed by atoms with Gasteiger partial charge in [-0.1, -0.05) is 12.5 Å². The van der Waals surface area contributed by atoms with Gasteiger partial charge in [-0.05, 0) is 37.5 Å². The first-order valence-electron chi connectivity index (χ1n) is 6.27. The van der Waals surface area contributed by atoms with E-state index in [1.165, 1.54) is 0 Å². The Morgan fingerprint density at radius 3 is 2.72 bits per heavy atom. The molecule has 18 heavy (non-hydrogen) atoms. The number of hydrogen-bond donors (Lipinski definition) is 2. The van der Waals surface area contributed by atoms with Crippen molar-refractivity contribution in [1.82, 2.24) is 0 Å². The fourth-order valence-electron chi connectivity index (χ4n) is 2.28. The standard InChI is InChI=1S/C14H20N2O2/c1-10-4-5-11(12(8-10)18-2)16-13(17)14(9-15)6-3-7-14/h4-5,8H,3,6-7,9,15H2,1-2H3,(H,16,17). The molecule has 1 fully saturated rings. The molecular weight excluding hydrogens is 228 g/mol. The van der Waals surface area contributed by atoms with E-state index in [0.717, 1.165) is 24.8 Å². The Balaban J connectivity index is 2.16. The molecule has 2 rings (SSSR count). The van der Waals surface area contributed by atoms with Crippen LogP contribution in [0.3, 0.4) is 0 Å². The van der Waals surface area contributed by atoms with E-state index >= 15 is 0 Å². The third-order valence-corrected chi connectivity index (χ3v) is 3.79. The Morgan fingerprint density at radius 1 is 1.50 bits per heavy atom. The van der Waals surface area contributed by atoms with Gasteiger partial charge in [0.2, 0.25) is 5.91 Å². The Kier molecular flexibility index (Phi) is 3.57. The third-order valence-electron chi connectivity index (χ3n) is 3.79. The molecule has 1 amide bonds. The second-order valence-corrected chi connectivity index (χ2v) is 5.00. The average molecular weight is 248 g/mol. The van der Waals surface area contributed by atoms with Crippen molar-refractivity contribution in [2.45, 2.75) is 26.2 Å². The van der Waals surface area contributed by atoms with Gasteiger partial charge in [-0.15, -0.1) is 0 Å². The Hall–Kier alpha value is -1.55. The molecular formula is C14H20N2O2. The summed E-state index contributed by atoms with van der Waals surface area (Å²) in [6, 6.07) is 5.73. The molecule has 0 atom stereocenters. The monoisotopic (exact) mass is 248 g/mol. The number of amides is 1. The van der Waals surface area contributed by atoms with Crippen LogP contribution in [0.5, 0.6) is 5.75 Å². The molecule has 1 aliphatic carbocycles. The van der Waals surface area contributed by atoms with Crippen molar-refractivity contribution in [2.75, 3.05) is 19.0 Å². The van der Waals surface area contributed by atoms with E-state index in [0.29, 0.717) is 18.0 Å². The Morgan fingerprint density at radius 2 is 2.22 bits per heavy atom. The van der Waals surface area contributed by atoms with Gasteiger partial charge < -0.3 is 15.8 Å². The molecule has 0 aliphatic heterocycles. The summed E-state index contributed by atoms with van der Waals surface area (Å²) in [5, 5.41) is 2.94. The minimum absolute atomic E-state index is 0.0124. The predicted molar refractivity (Wildman–Crippen MR) is 71.7 cm³/mol. The van der Waals surface area contributed by atoms with Crippen LogP contribution in [0.25, 0.3) is 0 Å². The highest BCUT2D eigenvalue weighted by Crippen LogP contribution is 2.41. The van der Waals surface area contributed by atoms with Crippen LogP contribution < -0.4 is 15.8 Å². The van der Waals surface area contributed by atoms with Gasteiger partial charge in [0.15, 0.2) is 0 Å². The molecule has 0 bridgehead atoms. The van der Waals surface area contributed by atoms with Gasteiger partial charge in [0.05, 0.1) is 18.2 Å². The van der Waals surface area contributed by atoms with E-state index in [2.05, 4.69) is 5.32 Å². The number of nitrogens with one attached hydrogen (secondary N) is 1. The summed E-state index contributed by atoms with van der Waals surface area (Å²) in [6.07, 6.45) is 2.84. The van der Waals surface area contributed by atoms with Crippen LogP contribution >= 0.6 is 0 Å². The third kappa shape index (κ3) is 2.20. The lowest BCUT2D eigenvalue weighted by Crippen LogP contribution is -2.47. The first-order valence-corrected chi connectivity index (χ1v) is 6.27. The lowest BCUT2D eigenvalue weighted by Gasteiger charge is -2.39. The zero-order valence-electron chi connectivity index (χ0n) is 11.0. The van der Waals surface area contributed by atoms with Crippen molar-refractivity contribution in [3.05, 3.63) is 23.8 Å². The summed E-state index contributed by atoms with van der Waals surface area (Å²) >= 11 is 0. The van der Waals surface area contributed by atoms with Crippen molar-refractivity contribution < 1.29 is 9.53 Å². The minimum atomic E-state index is -0.365. The van der Waals surface area contributed by atoms with Gasteiger partial charge in [-0.2, -0.15) is 0 Å². The summed E-state index contributed by atoms with van der Waals surface area (Å²) in [7, 11) is 1.60. The number of methoxy groups -OCH3 is 1. The Labute approximate surface area is 108 Å². The second-order valence-electron chi connectivity index (χ2n) is 5.00. The highest BCUT2D eigenvalue weighted by molar-refractivity contribution is 5.97. The number of rotatable bonds is 4. The molecule has 0 saturated heterocycles. The molecule has 0 aromatic heterocycles. The largest absolute Gasteiger partial charge is 0.495 e. The minimum Gasteiger partial charge on any atom is -0.495 e. The van der Waals surface area contributed by atoms with Crippen molar-refractivity contribution >= 4 is 11.6 Å². The van der Waals surface area contributed by atoms with Crippen LogP contribution in [0.1, 0.15) is 24.8 Å². The van der Waals surface area contributed by atoms with Gasteiger partial charge in [-0.3, -0.25) is 4.79 Å². The summed E-state index contributed by atoms with van der Waals surface area (Å²) in [6.45, 7) is 2.40. The molecule has 0 spiro atoms. The highest BCUT2D eigenvalue weighted by Gasteiger charge is 2.42. The normalized spacial score (nSPS) is 16.8. The van der Waals surface area contributed by atoms with E-state index in [1.807, 2.05) is 25.1 Å². The molecule has 1 saturated carbocycles. The molecule has 0 radical (unpaired) electrons. The van der Waals surface area contributed by atoms with Crippen LogP contribution in [0.15, 0.2) is 18.2 Å². The zero-order valence-corrected chi connectivity index (χ0v) is 11.0. The van der Waals surface area contributed by atoms with E-state index in [-0.39, 0.29) is 11.3 Å². The van der Waals surface area contributed by atoms with Gasteiger partial charge in [0.25, 0.3) is 0 Å². The first-order chi connectivity index (χ1) is 8.61. The number of carbonyl (C=O) groups excluding carboxylic acids is 1. The summed E-state index contributed by atoms with van der Waals surface area (Å²) < 4.78 is 5.28. The molecule has 98 valence electrons. The Bertz CT molecular complexity index is 448. The summed E-state index contributed by atoms with van der Waals surface area (Å²) in [5.41, 5.74) is 7.18. The van der Waals surface area contributed by atoms with Gasteiger partial charge in [0, 0.05) is 6.54 Å². The van der Waals surface area contributed by atoms with Gasteiger partial charge >= 0.3 is 0 Å². The fourth-order valence-corrected chi connectivity index (χ4v) is 2.28. The number of hydrogen-bond acceptors (Lipinski definition) is 3. The number of benzene rings is 1. The molecule has 1 aromatic carbocycles. The fraction of sp³-hybridized carbons (Fsp3) is 0.500. The van der Waals surface area contributed by atoms with Crippen molar-refractivity contribution in [2.24, 2.45) is 11.1 Å². The topological polar surface area (TPSA) is 64.3 Å². The summed E-state index contributed by atoms with van der Waals surface area (Å²) in [5.74, 6) is 0.702. The van der Waals surface area contributed by atoms with E-state index in [1.54, 1.807) is 7.11 Å². The van der Waals surface area contributed by atoms with Crippen molar-refractivity contribution in [1.29, 1.82) is 0 Å². The zero-order chi connectivity index (χ0) is 13.2. The number of nitrogens with two attached hydrogens (primary N) is 1. The van der Waals surface area contributed by atoms with Crippen LogP contribution in [0.4, 0.5) is 5.69 Å². The number of anilines is 1. The van der Waals surface area contributed by atoms with Crippen LogP contribution in [-0.2, 0) is 4.79 Å². The molecule has 3 N–H and O–H groups in total. The van der Waals surface area contributed by atoms with E-state index < -0.39 is 0 Å². The maximum absolute atomic E-state index is 12.3. The molecule has 4 heteroatoms. The first kappa shape index (κ1) is 12.9. The lowest BCUT2D eigenvalue weighted by atomic mass is 9.68. The summed E-state index contributed by atoms with van der Waals surface area (Å²) in [4.78, 5) is 12.3. The van der Waals surface area contributed by atoms with E-state index in [9.17, 15) is 4.79 Å². The maximum atomic E-state index is 12.3. The maximum Gasteiger partial charge on any atom is 0.231 e. The quantitative estimate of drug-likeness (QED) is 0.857. The molecule has 0 heterocycles. The molecule has 0 unspecified atom stereocenters. The smallest absolute Gasteiger partial charge is 0.231 e. The van der Waals surface area contributed by atoms with Crippen LogP contribution in [0.2, 0.25) is 0 Å². The van der Waals surface area contributed by atoms with Gasteiger partial charge in [0.1, 0.15) is 5.75 Å². The van der Waals surface area contributed by atoms with Gasteiger partial charge in [-0.25, -0.2) is 0 Å². The lowest BCUT2D eigenvalue weighted by molar-refractivity contribution is -0.129. The molecule has 1 aliphatic rings. The van der Waals surface area contributed by atoms with E-state index in [4.69, 9.17) is 10.5 Å². The number of ether oxygens (including phenoxy) is 1. The second kappa shape index (κ2) is 4.98. The highest BCUT2D eigenvalue weighted by atomic mass is 16.5. The molecule has 1 aromatic rings. The number of carbonyl (C=O) groups is 1. The van der Waals surface area contributed by atoms with Crippen LogP contribution in [0, 0.1) is 12.3 Å². The van der Waals surface area contributed by atoms with Crippen LogP contribution in [-0.4, -0.2) is 19.6 Å². The number of aryl methyl sites for hydroxylation is 1.